The Morgan fingerprint density at radius 2 is 1.74 bits per heavy atom. The number of hydrogen-bond acceptors (Lipinski definition) is 5. The molecule has 200 valence electrons. The summed E-state index contributed by atoms with van der Waals surface area (Å²) in [5.74, 6) is -1.93. The Bertz CT molecular complexity index is 1560. The molecule has 1 unspecified atom stereocenters. The van der Waals surface area contributed by atoms with Gasteiger partial charge in [0.1, 0.15) is 21.4 Å². The molecule has 1 atom stereocenters. The van der Waals surface area contributed by atoms with Gasteiger partial charge in [-0.1, -0.05) is 30.3 Å². The number of nitrogens with zero attached hydrogens (tertiary/aromatic N) is 3. The number of carbonyl (C=O) groups is 2. The second-order valence-corrected chi connectivity index (χ2v) is 9.92. The quantitative estimate of drug-likeness (QED) is 0.247. The summed E-state index contributed by atoms with van der Waals surface area (Å²) in [4.78, 5) is 28.6. The normalized spacial score (nSPS) is 13.1. The summed E-state index contributed by atoms with van der Waals surface area (Å²) >= 11 is 3.40. The third-order valence-electron chi connectivity index (χ3n) is 5.60. The molecule has 3 aromatic heterocycles. The van der Waals surface area contributed by atoms with Crippen molar-refractivity contribution in [1.29, 1.82) is 0 Å². The summed E-state index contributed by atoms with van der Waals surface area (Å²) < 4.78 is 81.3. The van der Waals surface area contributed by atoms with E-state index in [0.717, 1.165) is 10.7 Å². The van der Waals surface area contributed by atoms with E-state index in [1.165, 1.54) is 26.0 Å². The Balaban J connectivity index is 1.88. The lowest BCUT2D eigenvalue weighted by atomic mass is 10.0. The number of benzene rings is 1. The van der Waals surface area contributed by atoms with Crippen molar-refractivity contribution >= 4 is 55.0 Å². The molecule has 0 aliphatic heterocycles. The fourth-order valence-electron chi connectivity index (χ4n) is 3.78. The largest absolute Gasteiger partial charge is 0.436 e. The van der Waals surface area contributed by atoms with E-state index in [-0.39, 0.29) is 36.5 Å². The van der Waals surface area contributed by atoms with Crippen LogP contribution in [0.15, 0.2) is 40.9 Å². The summed E-state index contributed by atoms with van der Waals surface area (Å²) in [7, 11) is 0. The number of carbonyl (C=O) groups excluding carboxylic acids is 2. The van der Waals surface area contributed by atoms with Gasteiger partial charge >= 0.3 is 12.4 Å². The minimum Gasteiger partial charge on any atom is -0.365 e. The van der Waals surface area contributed by atoms with E-state index < -0.39 is 41.6 Å². The number of rotatable bonds is 5. The molecular weight excluding hydrogens is 604 g/mol. The molecule has 4 aromatic rings. The molecule has 7 nitrogen and oxygen atoms in total. The lowest BCUT2D eigenvalue weighted by molar-refractivity contribution is -0.142. The van der Waals surface area contributed by atoms with E-state index in [9.17, 15) is 35.9 Å². The number of anilines is 1. The zero-order chi connectivity index (χ0) is 28.2. The van der Waals surface area contributed by atoms with Crippen molar-refractivity contribution in [1.82, 2.24) is 14.8 Å². The number of alkyl halides is 6. The highest BCUT2D eigenvalue weighted by atomic mass is 79.9. The molecule has 15 heteroatoms. The van der Waals surface area contributed by atoms with Crippen LogP contribution in [0.4, 0.5) is 32.0 Å². The maximum absolute atomic E-state index is 13.6. The van der Waals surface area contributed by atoms with Gasteiger partial charge in [0.2, 0.25) is 5.91 Å². The highest BCUT2D eigenvalue weighted by molar-refractivity contribution is 9.10. The maximum Gasteiger partial charge on any atom is 0.436 e. The van der Waals surface area contributed by atoms with Crippen LogP contribution in [0.5, 0.6) is 0 Å². The Kier molecular flexibility index (Phi) is 7.03. The molecule has 2 amide bonds. The van der Waals surface area contributed by atoms with Gasteiger partial charge in [-0.15, -0.1) is 11.3 Å². The Morgan fingerprint density at radius 1 is 1.11 bits per heavy atom. The van der Waals surface area contributed by atoms with E-state index in [1.54, 1.807) is 18.2 Å². The molecule has 0 fully saturated rings. The van der Waals surface area contributed by atoms with Gasteiger partial charge in [0.05, 0.1) is 15.9 Å². The van der Waals surface area contributed by atoms with Crippen molar-refractivity contribution in [2.24, 2.45) is 5.73 Å². The molecule has 0 bridgehead atoms. The Morgan fingerprint density at radius 3 is 2.26 bits per heavy atom. The van der Waals surface area contributed by atoms with E-state index in [2.05, 4.69) is 31.3 Å². The fourth-order valence-corrected chi connectivity index (χ4v) is 5.27. The molecular formula is C23H16BrF6N5O2S. The average molecular weight is 620 g/mol. The second kappa shape index (κ2) is 9.69. The van der Waals surface area contributed by atoms with Crippen molar-refractivity contribution < 1.29 is 35.9 Å². The van der Waals surface area contributed by atoms with E-state index in [4.69, 9.17) is 5.73 Å². The number of primary amides is 1. The molecule has 0 saturated carbocycles. The Labute approximate surface area is 222 Å². The number of halogens is 7. The highest BCUT2D eigenvalue weighted by Crippen LogP contribution is 2.44. The first-order valence-electron chi connectivity index (χ1n) is 10.6. The predicted octanol–water partition coefficient (Wildman–Crippen LogP) is 6.57. The fraction of sp³-hybridized carbons (Fsp3) is 0.217. The van der Waals surface area contributed by atoms with Crippen LogP contribution in [-0.4, -0.2) is 26.6 Å². The van der Waals surface area contributed by atoms with Crippen LogP contribution in [0.2, 0.25) is 0 Å². The van der Waals surface area contributed by atoms with E-state index >= 15 is 0 Å². The van der Waals surface area contributed by atoms with Gasteiger partial charge in [0, 0.05) is 5.39 Å². The smallest absolute Gasteiger partial charge is 0.365 e. The number of thiophene rings is 1. The molecule has 38 heavy (non-hydrogen) atoms. The molecule has 0 aliphatic carbocycles. The molecule has 0 aliphatic rings. The number of amides is 2. The van der Waals surface area contributed by atoms with Crippen LogP contribution >= 0.6 is 27.3 Å². The van der Waals surface area contributed by atoms with Gasteiger partial charge in [-0.05, 0) is 47.0 Å². The maximum atomic E-state index is 13.6. The summed E-state index contributed by atoms with van der Waals surface area (Å²) in [6.07, 6.45) is -9.60. The molecule has 0 spiro atoms. The number of aromatic nitrogens is 3. The number of hydrogen-bond donors (Lipinski definition) is 2. The number of pyridine rings is 1. The second-order valence-electron chi connectivity index (χ2n) is 8.12. The van der Waals surface area contributed by atoms with Gasteiger partial charge in [-0.3, -0.25) is 14.3 Å². The van der Waals surface area contributed by atoms with Crippen LogP contribution in [0.1, 0.15) is 39.7 Å². The zero-order valence-corrected chi connectivity index (χ0v) is 21.7. The number of nitrogens with one attached hydrogen (secondary N) is 1. The average Bonchev–Trinajstić information content (AvgIpc) is 3.35. The lowest BCUT2D eigenvalue weighted by Crippen LogP contribution is -2.26. The van der Waals surface area contributed by atoms with Crippen molar-refractivity contribution in [2.45, 2.75) is 32.2 Å². The van der Waals surface area contributed by atoms with Crippen LogP contribution in [0.25, 0.3) is 21.3 Å². The minimum atomic E-state index is -4.81. The minimum absolute atomic E-state index is 0.00624. The van der Waals surface area contributed by atoms with Crippen LogP contribution < -0.4 is 11.1 Å². The summed E-state index contributed by atoms with van der Waals surface area (Å²) in [6, 6.07) is 7.38. The van der Waals surface area contributed by atoms with E-state index in [1.807, 2.05) is 0 Å². The molecule has 3 N–H and O–H groups in total. The van der Waals surface area contributed by atoms with Gasteiger partial charge in [-0.2, -0.15) is 31.4 Å². The summed E-state index contributed by atoms with van der Waals surface area (Å²) in [5, 5.41) is 6.01. The monoisotopic (exact) mass is 619 g/mol. The lowest BCUT2D eigenvalue weighted by Gasteiger charge is -2.16. The third kappa shape index (κ3) is 4.99. The standard InChI is InChI=1S/C23H16BrF6N5O2S/c1-9-15(24)18(23(28,29)30)34-35(9)10(2)20(37)33-16-14-12(11-6-4-3-5-7-11)8-13(22(25,26)27)32-21(14)38-17(16)19(31)36/h3-8,10H,1-2H3,(H2,31,36)(H,33,37). The van der Waals surface area contributed by atoms with Gasteiger partial charge < -0.3 is 11.1 Å². The molecule has 3 heterocycles. The summed E-state index contributed by atoms with van der Waals surface area (Å²) in [6.45, 7) is 2.60. The van der Waals surface area contributed by atoms with Crippen molar-refractivity contribution in [3.63, 3.8) is 0 Å². The predicted molar refractivity (Wildman–Crippen MR) is 132 cm³/mol. The molecule has 4 rings (SSSR count). The first-order chi connectivity index (χ1) is 17.6. The van der Waals surface area contributed by atoms with Gasteiger partial charge in [0.15, 0.2) is 5.69 Å². The first-order valence-corrected chi connectivity index (χ1v) is 12.2. The SMILES string of the molecule is Cc1c(Br)c(C(F)(F)F)nn1C(C)C(=O)Nc1c(C(N)=O)sc2nc(C(F)(F)F)cc(-c3ccccc3)c12. The van der Waals surface area contributed by atoms with Crippen molar-refractivity contribution in [3.05, 3.63) is 62.8 Å². The van der Waals surface area contributed by atoms with Crippen molar-refractivity contribution in [3.8, 4) is 11.1 Å². The molecule has 0 saturated heterocycles. The van der Waals surface area contributed by atoms with Gasteiger partial charge in [0.25, 0.3) is 5.91 Å². The van der Waals surface area contributed by atoms with Crippen LogP contribution in [-0.2, 0) is 17.1 Å². The third-order valence-corrected chi connectivity index (χ3v) is 7.65. The highest BCUT2D eigenvalue weighted by Gasteiger charge is 2.39. The topological polar surface area (TPSA) is 103 Å². The molecule has 1 aromatic carbocycles. The summed E-state index contributed by atoms with van der Waals surface area (Å²) in [5.41, 5.74) is 3.18. The van der Waals surface area contributed by atoms with Crippen LogP contribution in [0, 0.1) is 6.92 Å². The number of fused-ring (bicyclic) bond motifs is 1. The van der Waals surface area contributed by atoms with Crippen LogP contribution in [0.3, 0.4) is 0 Å². The van der Waals surface area contributed by atoms with E-state index in [0.29, 0.717) is 16.9 Å². The van der Waals surface area contributed by atoms with Gasteiger partial charge in [-0.25, -0.2) is 4.98 Å². The zero-order valence-electron chi connectivity index (χ0n) is 19.3. The first kappa shape index (κ1) is 27.6. The Hall–Kier alpha value is -3.46. The van der Waals surface area contributed by atoms with Crippen molar-refractivity contribution in [2.75, 3.05) is 5.32 Å². The number of nitrogens with two attached hydrogens (primary N) is 1. The molecule has 0 radical (unpaired) electrons.